The van der Waals surface area contributed by atoms with Gasteiger partial charge >= 0.3 is 0 Å². The van der Waals surface area contributed by atoms with Crippen LogP contribution in [0.5, 0.6) is 0 Å². The third-order valence-electron chi connectivity index (χ3n) is 4.86. The first kappa shape index (κ1) is 20.7. The largest absolute Gasteiger partial charge is 0.394 e. The van der Waals surface area contributed by atoms with Gasteiger partial charge in [-0.25, -0.2) is 0 Å². The Bertz CT molecular complexity index is 794. The summed E-state index contributed by atoms with van der Waals surface area (Å²) in [5, 5.41) is 40.9. The molecule has 4 N–H and O–H groups in total. The van der Waals surface area contributed by atoms with Crippen LogP contribution in [0.15, 0.2) is 30.3 Å². The SMILES string of the molecule is COC1(c2ccc(Cl)c(Cc3ccc(C)s3)c2)O[C@H](CO)[C@@H](O)[C@H](O)[C@H]1O. The van der Waals surface area contributed by atoms with Crippen LogP contribution in [0.4, 0.5) is 0 Å². The lowest BCUT2D eigenvalue weighted by Gasteiger charge is -2.47. The molecule has 148 valence electrons. The highest BCUT2D eigenvalue weighted by molar-refractivity contribution is 7.11. The molecule has 8 heteroatoms. The number of methoxy groups -OCH3 is 1. The number of thiophene rings is 1. The van der Waals surface area contributed by atoms with E-state index in [4.69, 9.17) is 21.1 Å². The molecular formula is C19H23ClO6S. The highest BCUT2D eigenvalue weighted by Crippen LogP contribution is 2.40. The monoisotopic (exact) mass is 414 g/mol. The Morgan fingerprint density at radius 3 is 2.52 bits per heavy atom. The molecule has 1 saturated heterocycles. The zero-order chi connectivity index (χ0) is 19.8. The second-order valence-corrected chi connectivity index (χ2v) is 8.41. The number of ether oxygens (including phenoxy) is 2. The lowest BCUT2D eigenvalue weighted by Crippen LogP contribution is -2.64. The van der Waals surface area contributed by atoms with Crippen LogP contribution < -0.4 is 0 Å². The van der Waals surface area contributed by atoms with E-state index in [0.29, 0.717) is 17.0 Å². The summed E-state index contributed by atoms with van der Waals surface area (Å²) in [7, 11) is 1.33. The van der Waals surface area contributed by atoms with Crippen molar-refractivity contribution in [3.63, 3.8) is 0 Å². The number of hydrogen-bond acceptors (Lipinski definition) is 7. The van der Waals surface area contributed by atoms with E-state index in [0.717, 1.165) is 10.4 Å². The van der Waals surface area contributed by atoms with Crippen LogP contribution in [-0.4, -0.2) is 58.6 Å². The van der Waals surface area contributed by atoms with Gasteiger partial charge in [-0.15, -0.1) is 11.3 Å². The standard InChI is InChI=1S/C19H23ClO6S/c1-10-3-5-13(27-10)8-11-7-12(4-6-14(11)20)19(25-2)18(24)17(23)16(22)15(9-21)26-19/h3-7,15-18,21-24H,8-9H2,1-2H3/t15-,16-,17+,18-,19?/m1/s1. The predicted molar refractivity (Wildman–Crippen MR) is 102 cm³/mol. The van der Waals surface area contributed by atoms with Crippen LogP contribution in [0.25, 0.3) is 0 Å². The molecule has 1 unspecified atom stereocenters. The van der Waals surface area contributed by atoms with Crippen molar-refractivity contribution in [3.8, 4) is 0 Å². The number of aryl methyl sites for hydroxylation is 1. The van der Waals surface area contributed by atoms with Gasteiger partial charge < -0.3 is 29.9 Å². The second kappa shape index (κ2) is 8.14. The van der Waals surface area contributed by atoms with Gasteiger partial charge in [-0.05, 0) is 36.8 Å². The Balaban J connectivity index is 2.00. The van der Waals surface area contributed by atoms with Gasteiger partial charge in [0.2, 0.25) is 5.79 Å². The highest BCUT2D eigenvalue weighted by Gasteiger charge is 2.55. The molecule has 2 heterocycles. The molecule has 2 aromatic rings. The summed E-state index contributed by atoms with van der Waals surface area (Å²) >= 11 is 8.02. The van der Waals surface area contributed by atoms with Crippen molar-refractivity contribution in [1.82, 2.24) is 0 Å². The molecule has 0 bridgehead atoms. The summed E-state index contributed by atoms with van der Waals surface area (Å²) in [5.41, 5.74) is 1.25. The first-order valence-electron chi connectivity index (χ1n) is 8.54. The Morgan fingerprint density at radius 1 is 1.19 bits per heavy atom. The van der Waals surface area contributed by atoms with Crippen LogP contribution in [-0.2, 0) is 21.7 Å². The molecule has 27 heavy (non-hydrogen) atoms. The van der Waals surface area contributed by atoms with E-state index in [1.807, 2.05) is 19.1 Å². The maximum Gasteiger partial charge on any atom is 0.224 e. The summed E-state index contributed by atoms with van der Waals surface area (Å²) in [6.45, 7) is 1.49. The van der Waals surface area contributed by atoms with E-state index in [9.17, 15) is 20.4 Å². The van der Waals surface area contributed by atoms with Gasteiger partial charge in [-0.1, -0.05) is 17.7 Å². The van der Waals surface area contributed by atoms with E-state index in [1.54, 1.807) is 29.5 Å². The lowest BCUT2D eigenvalue weighted by atomic mass is 9.87. The molecule has 0 aliphatic carbocycles. The fourth-order valence-electron chi connectivity index (χ4n) is 3.36. The molecule has 0 saturated carbocycles. The molecule has 0 spiro atoms. The third-order valence-corrected chi connectivity index (χ3v) is 6.23. The maximum absolute atomic E-state index is 10.6. The van der Waals surface area contributed by atoms with E-state index in [2.05, 4.69) is 0 Å². The van der Waals surface area contributed by atoms with Crippen molar-refractivity contribution in [1.29, 1.82) is 0 Å². The number of benzene rings is 1. The molecule has 1 fully saturated rings. The average molecular weight is 415 g/mol. The lowest BCUT2D eigenvalue weighted by molar-refractivity contribution is -0.366. The van der Waals surface area contributed by atoms with Crippen molar-refractivity contribution in [2.75, 3.05) is 13.7 Å². The molecule has 1 aliphatic heterocycles. The van der Waals surface area contributed by atoms with Gasteiger partial charge in [-0.3, -0.25) is 0 Å². The smallest absolute Gasteiger partial charge is 0.224 e. The Hall–Kier alpha value is -1.03. The zero-order valence-corrected chi connectivity index (χ0v) is 16.6. The third kappa shape index (κ3) is 3.79. The molecule has 6 nitrogen and oxygen atoms in total. The van der Waals surface area contributed by atoms with Crippen LogP contribution in [0.1, 0.15) is 20.9 Å². The Morgan fingerprint density at radius 2 is 1.93 bits per heavy atom. The molecule has 5 atom stereocenters. The minimum Gasteiger partial charge on any atom is -0.394 e. The van der Waals surface area contributed by atoms with E-state index < -0.39 is 36.8 Å². The Kier molecular flexibility index (Phi) is 6.24. The molecule has 0 radical (unpaired) electrons. The first-order valence-corrected chi connectivity index (χ1v) is 9.74. The van der Waals surface area contributed by atoms with Crippen molar-refractivity contribution in [2.45, 2.75) is 43.5 Å². The average Bonchev–Trinajstić information content (AvgIpc) is 3.07. The number of aliphatic hydroxyl groups is 4. The van der Waals surface area contributed by atoms with Crippen LogP contribution in [0.3, 0.4) is 0 Å². The number of rotatable bonds is 5. The quantitative estimate of drug-likeness (QED) is 0.592. The fraction of sp³-hybridized carbons (Fsp3) is 0.474. The maximum atomic E-state index is 10.6. The van der Waals surface area contributed by atoms with Gasteiger partial charge in [0.1, 0.15) is 24.4 Å². The minimum atomic E-state index is -1.74. The Labute approximate surface area is 166 Å². The van der Waals surface area contributed by atoms with Crippen LogP contribution in [0, 0.1) is 6.92 Å². The predicted octanol–water partition coefficient (Wildman–Crippen LogP) is 1.57. The van der Waals surface area contributed by atoms with Crippen LogP contribution in [0.2, 0.25) is 5.02 Å². The second-order valence-electron chi connectivity index (χ2n) is 6.63. The molecule has 1 aliphatic rings. The number of halogens is 1. The van der Waals surface area contributed by atoms with Gasteiger partial charge in [0.25, 0.3) is 0 Å². The van der Waals surface area contributed by atoms with Crippen LogP contribution >= 0.6 is 22.9 Å². The molecule has 3 rings (SSSR count). The van der Waals surface area contributed by atoms with Gasteiger partial charge in [-0.2, -0.15) is 0 Å². The van der Waals surface area contributed by atoms with Gasteiger partial charge in [0.15, 0.2) is 0 Å². The molecular weight excluding hydrogens is 392 g/mol. The van der Waals surface area contributed by atoms with Crippen molar-refractivity contribution >= 4 is 22.9 Å². The fourth-order valence-corrected chi connectivity index (χ4v) is 4.46. The van der Waals surface area contributed by atoms with Crippen molar-refractivity contribution in [2.24, 2.45) is 0 Å². The number of hydrogen-bond donors (Lipinski definition) is 4. The van der Waals surface area contributed by atoms with Gasteiger partial charge in [0, 0.05) is 33.9 Å². The zero-order valence-electron chi connectivity index (χ0n) is 15.0. The summed E-state index contributed by atoms with van der Waals surface area (Å²) in [6.07, 6.45) is -5.06. The highest BCUT2D eigenvalue weighted by atomic mass is 35.5. The molecule has 0 amide bonds. The summed E-state index contributed by atoms with van der Waals surface area (Å²) in [6, 6.07) is 9.13. The molecule has 1 aromatic carbocycles. The van der Waals surface area contributed by atoms with Gasteiger partial charge in [0.05, 0.1) is 6.61 Å². The van der Waals surface area contributed by atoms with E-state index in [-0.39, 0.29) is 0 Å². The van der Waals surface area contributed by atoms with Crippen molar-refractivity contribution < 1.29 is 29.9 Å². The van der Waals surface area contributed by atoms with Crippen molar-refractivity contribution in [3.05, 3.63) is 56.2 Å². The first-order chi connectivity index (χ1) is 12.8. The summed E-state index contributed by atoms with van der Waals surface area (Å²) < 4.78 is 11.2. The van der Waals surface area contributed by atoms with E-state index >= 15 is 0 Å². The summed E-state index contributed by atoms with van der Waals surface area (Å²) in [5.74, 6) is -1.74. The minimum absolute atomic E-state index is 0.439. The molecule has 1 aromatic heterocycles. The normalized spacial score (nSPS) is 31.2. The van der Waals surface area contributed by atoms with E-state index in [1.165, 1.54) is 12.0 Å². The topological polar surface area (TPSA) is 99.4 Å². The summed E-state index contributed by atoms with van der Waals surface area (Å²) in [4.78, 5) is 2.33. The number of aliphatic hydroxyl groups excluding tert-OH is 4.